The number of rotatable bonds is 6. The van der Waals surface area contributed by atoms with E-state index in [1.807, 2.05) is 30.0 Å². The van der Waals surface area contributed by atoms with E-state index in [1.165, 1.54) is 0 Å². The molecule has 2 aromatic rings. The average molecular weight is 394 g/mol. The van der Waals surface area contributed by atoms with Gasteiger partial charge >= 0.3 is 0 Å². The van der Waals surface area contributed by atoms with Crippen molar-refractivity contribution < 1.29 is 9.53 Å². The van der Waals surface area contributed by atoms with Crippen molar-refractivity contribution in [2.24, 2.45) is 0 Å². The Bertz CT molecular complexity index is 757. The maximum Gasteiger partial charge on any atom is 0.222 e. The maximum atomic E-state index is 12.5. The van der Waals surface area contributed by atoms with Crippen LogP contribution >= 0.6 is 22.9 Å². The van der Waals surface area contributed by atoms with E-state index in [0.29, 0.717) is 23.6 Å². The van der Waals surface area contributed by atoms with Gasteiger partial charge in [-0.2, -0.15) is 0 Å². The molecule has 0 bridgehead atoms. The Morgan fingerprint density at radius 2 is 2.08 bits per heavy atom. The monoisotopic (exact) mass is 393 g/mol. The van der Waals surface area contributed by atoms with Crippen molar-refractivity contribution in [2.45, 2.75) is 26.3 Å². The average Bonchev–Trinajstić information content (AvgIpc) is 3.05. The fraction of sp³-hybridized carbons (Fsp3) is 0.474. The van der Waals surface area contributed by atoms with Crippen molar-refractivity contribution in [3.05, 3.63) is 44.9 Å². The molecule has 0 unspecified atom stereocenters. The van der Waals surface area contributed by atoms with Gasteiger partial charge in [0.1, 0.15) is 5.75 Å². The minimum atomic E-state index is 0.209. The maximum absolute atomic E-state index is 12.5. The number of amides is 1. The highest BCUT2D eigenvalue weighted by Gasteiger charge is 2.21. The number of carbonyl (C=O) groups is 1. The normalized spacial score (nSPS) is 15.3. The number of nitrogens with zero attached hydrogens (tertiary/aromatic N) is 3. The van der Waals surface area contributed by atoms with Crippen LogP contribution in [0.25, 0.3) is 0 Å². The van der Waals surface area contributed by atoms with Crippen LogP contribution in [0.5, 0.6) is 5.75 Å². The van der Waals surface area contributed by atoms with Gasteiger partial charge in [0.15, 0.2) is 0 Å². The molecular formula is C19H24ClN3O2S. The number of hydrogen-bond acceptors (Lipinski definition) is 5. The molecule has 1 aliphatic rings. The largest absolute Gasteiger partial charge is 0.495 e. The summed E-state index contributed by atoms with van der Waals surface area (Å²) in [7, 11) is 1.60. The number of aryl methyl sites for hydroxylation is 2. The van der Waals surface area contributed by atoms with Gasteiger partial charge in [0.05, 0.1) is 22.8 Å². The zero-order valence-electron chi connectivity index (χ0n) is 15.2. The number of piperazine rings is 1. The molecule has 1 aromatic carbocycles. The summed E-state index contributed by atoms with van der Waals surface area (Å²) >= 11 is 7.83. The van der Waals surface area contributed by atoms with Gasteiger partial charge in [-0.3, -0.25) is 9.69 Å². The molecule has 1 amide bonds. The van der Waals surface area contributed by atoms with Crippen LogP contribution in [0.15, 0.2) is 23.6 Å². The Labute approximate surface area is 163 Å². The van der Waals surface area contributed by atoms with Crippen molar-refractivity contribution in [3.63, 3.8) is 0 Å². The van der Waals surface area contributed by atoms with Crippen molar-refractivity contribution in [1.29, 1.82) is 0 Å². The summed E-state index contributed by atoms with van der Waals surface area (Å²) in [6.07, 6.45) is 1.20. The van der Waals surface area contributed by atoms with E-state index in [1.54, 1.807) is 18.4 Å². The first-order chi connectivity index (χ1) is 12.5. The molecule has 0 saturated carbocycles. The Hall–Kier alpha value is -1.63. The van der Waals surface area contributed by atoms with E-state index in [2.05, 4.69) is 15.3 Å². The number of ether oxygens (including phenoxy) is 1. The molecule has 0 radical (unpaired) electrons. The topological polar surface area (TPSA) is 45.7 Å². The Morgan fingerprint density at radius 3 is 2.69 bits per heavy atom. The summed E-state index contributed by atoms with van der Waals surface area (Å²) in [4.78, 5) is 21.3. The quantitative estimate of drug-likeness (QED) is 0.754. The number of hydrogen-bond donors (Lipinski definition) is 0. The van der Waals surface area contributed by atoms with Gasteiger partial charge < -0.3 is 9.64 Å². The SMILES string of the molecule is COc1ccc(CCC(=O)N2CCN(Cc3csc(C)n3)CC2)cc1Cl. The van der Waals surface area contributed by atoms with Gasteiger partial charge in [-0.15, -0.1) is 11.3 Å². The molecule has 2 heterocycles. The highest BCUT2D eigenvalue weighted by molar-refractivity contribution is 7.09. The van der Waals surface area contributed by atoms with Crippen LogP contribution < -0.4 is 4.74 Å². The number of thiazole rings is 1. The molecule has 140 valence electrons. The van der Waals surface area contributed by atoms with E-state index in [9.17, 15) is 4.79 Å². The molecule has 0 N–H and O–H groups in total. The predicted octanol–water partition coefficient (Wildman–Crippen LogP) is 3.39. The third-order valence-electron chi connectivity index (χ3n) is 4.62. The second-order valence-electron chi connectivity index (χ2n) is 6.48. The molecule has 3 rings (SSSR count). The highest BCUT2D eigenvalue weighted by atomic mass is 35.5. The lowest BCUT2D eigenvalue weighted by atomic mass is 10.1. The third kappa shape index (κ3) is 4.96. The Morgan fingerprint density at radius 1 is 1.31 bits per heavy atom. The molecule has 1 fully saturated rings. The van der Waals surface area contributed by atoms with E-state index in [-0.39, 0.29) is 5.91 Å². The van der Waals surface area contributed by atoms with Gasteiger partial charge in [-0.05, 0) is 31.0 Å². The summed E-state index contributed by atoms with van der Waals surface area (Å²) in [5.41, 5.74) is 2.19. The second kappa shape index (κ2) is 8.84. The van der Waals surface area contributed by atoms with E-state index >= 15 is 0 Å². The van der Waals surface area contributed by atoms with Crippen molar-refractivity contribution in [3.8, 4) is 5.75 Å². The van der Waals surface area contributed by atoms with Crippen LogP contribution in [-0.2, 0) is 17.8 Å². The molecule has 0 aliphatic carbocycles. The molecule has 7 heteroatoms. The summed E-state index contributed by atoms with van der Waals surface area (Å²) < 4.78 is 5.16. The van der Waals surface area contributed by atoms with Crippen molar-refractivity contribution >= 4 is 28.8 Å². The molecule has 1 saturated heterocycles. The van der Waals surface area contributed by atoms with Gasteiger partial charge in [0, 0.05) is 44.5 Å². The summed E-state index contributed by atoms with van der Waals surface area (Å²) in [6, 6.07) is 5.69. The molecule has 1 aromatic heterocycles. The smallest absolute Gasteiger partial charge is 0.222 e. The first-order valence-electron chi connectivity index (χ1n) is 8.78. The fourth-order valence-corrected chi connectivity index (χ4v) is 4.02. The minimum absolute atomic E-state index is 0.209. The molecular weight excluding hydrogens is 370 g/mol. The number of benzene rings is 1. The zero-order valence-corrected chi connectivity index (χ0v) is 16.8. The lowest BCUT2D eigenvalue weighted by molar-refractivity contribution is -0.133. The second-order valence-corrected chi connectivity index (χ2v) is 7.95. The lowest BCUT2D eigenvalue weighted by Crippen LogP contribution is -2.48. The molecule has 5 nitrogen and oxygen atoms in total. The van der Waals surface area contributed by atoms with Crippen molar-refractivity contribution in [1.82, 2.24) is 14.8 Å². The van der Waals surface area contributed by atoms with Gasteiger partial charge in [-0.1, -0.05) is 17.7 Å². The zero-order chi connectivity index (χ0) is 18.5. The summed E-state index contributed by atoms with van der Waals surface area (Å²) in [5.74, 6) is 0.870. The number of carbonyl (C=O) groups excluding carboxylic acids is 1. The van der Waals surface area contributed by atoms with Gasteiger partial charge in [-0.25, -0.2) is 4.98 Å². The fourth-order valence-electron chi connectivity index (χ4n) is 3.14. The van der Waals surface area contributed by atoms with Crippen molar-refractivity contribution in [2.75, 3.05) is 33.3 Å². The standard InChI is InChI=1S/C19H24ClN3O2S/c1-14-21-16(13-26-14)12-22-7-9-23(10-8-22)19(24)6-4-15-3-5-18(25-2)17(20)11-15/h3,5,11,13H,4,6-10,12H2,1-2H3. The first-order valence-corrected chi connectivity index (χ1v) is 10.0. The van der Waals surface area contributed by atoms with Crippen LogP contribution in [0.2, 0.25) is 5.02 Å². The van der Waals surface area contributed by atoms with Crippen LogP contribution in [0.4, 0.5) is 0 Å². The minimum Gasteiger partial charge on any atom is -0.495 e. The summed E-state index contributed by atoms with van der Waals surface area (Å²) in [5, 5.41) is 3.81. The molecule has 1 aliphatic heterocycles. The number of methoxy groups -OCH3 is 1. The molecule has 0 spiro atoms. The lowest BCUT2D eigenvalue weighted by Gasteiger charge is -2.34. The summed E-state index contributed by atoms with van der Waals surface area (Å²) in [6.45, 7) is 6.27. The van der Waals surface area contributed by atoms with Crippen LogP contribution in [0.3, 0.4) is 0 Å². The number of aromatic nitrogens is 1. The molecule has 26 heavy (non-hydrogen) atoms. The first kappa shape index (κ1) is 19.1. The van der Waals surface area contributed by atoms with Crippen LogP contribution in [0.1, 0.15) is 22.7 Å². The third-order valence-corrected chi connectivity index (χ3v) is 5.74. The predicted molar refractivity (Wildman–Crippen MR) is 105 cm³/mol. The highest BCUT2D eigenvalue weighted by Crippen LogP contribution is 2.25. The van der Waals surface area contributed by atoms with Crippen LogP contribution in [-0.4, -0.2) is 54.0 Å². The van der Waals surface area contributed by atoms with E-state index < -0.39 is 0 Å². The van der Waals surface area contributed by atoms with Crippen LogP contribution in [0, 0.1) is 6.92 Å². The van der Waals surface area contributed by atoms with Gasteiger partial charge in [0.2, 0.25) is 5.91 Å². The van der Waals surface area contributed by atoms with E-state index in [4.69, 9.17) is 16.3 Å². The van der Waals surface area contributed by atoms with Gasteiger partial charge in [0.25, 0.3) is 0 Å². The Kier molecular flexibility index (Phi) is 6.51. The Balaban J connectivity index is 1.44. The van der Waals surface area contributed by atoms with E-state index in [0.717, 1.165) is 49.0 Å². The molecule has 0 atom stereocenters. The number of halogens is 1.